The zero-order valence-electron chi connectivity index (χ0n) is 39.6. The highest BCUT2D eigenvalue weighted by molar-refractivity contribution is 7.09. The highest BCUT2D eigenvalue weighted by atomic mass is 32.1. The molecule has 0 aliphatic rings. The second-order valence-corrected chi connectivity index (χ2v) is 17.8. The number of aromatic amines is 2. The minimum absolute atomic E-state index is 0.0177. The number of fused-ring (bicyclic) bond motifs is 2. The summed E-state index contributed by atoms with van der Waals surface area (Å²) >= 11 is 1.13. The van der Waals surface area contributed by atoms with Crippen LogP contribution in [0.2, 0.25) is 0 Å². The van der Waals surface area contributed by atoms with E-state index in [0.29, 0.717) is 32.8 Å². The lowest BCUT2D eigenvalue weighted by Crippen LogP contribution is -2.56. The summed E-state index contributed by atoms with van der Waals surface area (Å²) in [6.45, 7) is 12.5. The molecule has 0 aliphatic heterocycles. The van der Waals surface area contributed by atoms with Crippen LogP contribution in [0, 0.1) is 0 Å². The van der Waals surface area contributed by atoms with E-state index in [2.05, 4.69) is 53.4 Å². The number of hydrogen-bond acceptors (Lipinski definition) is 13. The van der Waals surface area contributed by atoms with Crippen LogP contribution in [0.15, 0.2) is 72.5 Å². The van der Waals surface area contributed by atoms with Gasteiger partial charge in [0.25, 0.3) is 11.8 Å². The predicted octanol–water partition coefficient (Wildman–Crippen LogP) is 3.04. The summed E-state index contributed by atoms with van der Waals surface area (Å²) in [5, 5.41) is 18.9. The fourth-order valence-corrected chi connectivity index (χ4v) is 7.82. The quantitative estimate of drug-likeness (QED) is 0.0389. The molecule has 4 atom stereocenters. The Bertz CT molecular complexity index is 2720. The van der Waals surface area contributed by atoms with Gasteiger partial charge >= 0.3 is 12.1 Å². The standard InChI is InChI=1S/C47H58N10O11S/c1-10-67-38(59)23-57(8)45(64)27(4)52-40(60)25(2)51-37(58)22-50-41(61)33(19-29-21-49-32-16-13-17-36(66-9)39(29)32)54-42(62)34(18-28-20-48-31-15-12-11-14-30(28)31)55-43(63)35-24-69-44(56-35)26(3)53-46(65)68-47(5,6)7/h11-17,20-21,24-26,33-34,48-49H,4,10,18-19,22-23H2,1-3,5-9H3,(H,50,61)(H,51,58)(H,52,60)(H,53,65)(H,54,62)(H,55,63)/t25-,26-,33+,34+/m1/s1. The number of methoxy groups -OCH3 is 1. The van der Waals surface area contributed by atoms with Crippen LogP contribution in [-0.4, -0.2) is 125 Å². The van der Waals surface area contributed by atoms with E-state index in [-0.39, 0.29) is 37.4 Å². The molecule has 0 saturated heterocycles. The average Bonchev–Trinajstić information content (AvgIpc) is 4.06. The van der Waals surface area contributed by atoms with Gasteiger partial charge in [-0.05, 0) is 70.9 Å². The Balaban J connectivity index is 1.34. The van der Waals surface area contributed by atoms with Crippen LogP contribution in [0.4, 0.5) is 4.79 Å². The number of carbonyl (C=O) groups excluding carboxylic acids is 8. The molecule has 3 aromatic heterocycles. The molecule has 0 unspecified atom stereocenters. The van der Waals surface area contributed by atoms with Gasteiger partial charge in [0.05, 0.1) is 32.0 Å². The number of ether oxygens (including phenoxy) is 3. The average molecular weight is 971 g/mol. The number of nitrogens with one attached hydrogen (secondary N) is 8. The summed E-state index contributed by atoms with van der Waals surface area (Å²) in [4.78, 5) is 117. The zero-order valence-corrected chi connectivity index (χ0v) is 40.4. The molecule has 0 aliphatic carbocycles. The summed E-state index contributed by atoms with van der Waals surface area (Å²) in [6.07, 6.45) is 2.61. The van der Waals surface area contributed by atoms with Crippen LogP contribution in [-0.2, 0) is 51.1 Å². The maximum absolute atomic E-state index is 14.6. The summed E-state index contributed by atoms with van der Waals surface area (Å²) in [7, 11) is 2.82. The van der Waals surface area contributed by atoms with Gasteiger partial charge in [-0.25, -0.2) is 9.78 Å². The monoisotopic (exact) mass is 970 g/mol. The van der Waals surface area contributed by atoms with Crippen molar-refractivity contribution in [3.63, 3.8) is 0 Å². The van der Waals surface area contributed by atoms with Gasteiger partial charge < -0.3 is 61.0 Å². The smallest absolute Gasteiger partial charge is 0.408 e. The molecule has 5 rings (SSSR count). The molecule has 0 bridgehead atoms. The fraction of sp³-hybridized carbons (Fsp3) is 0.383. The third-order valence-corrected chi connectivity index (χ3v) is 11.4. The number of alkyl carbamates (subject to hydrolysis) is 1. The number of nitrogens with zero attached hydrogens (tertiary/aromatic N) is 2. The molecule has 5 aromatic rings. The molecule has 368 valence electrons. The van der Waals surface area contributed by atoms with Gasteiger partial charge in [-0.2, -0.15) is 0 Å². The molecule has 69 heavy (non-hydrogen) atoms. The Kier molecular flexibility index (Phi) is 17.6. The highest BCUT2D eigenvalue weighted by Gasteiger charge is 2.31. The zero-order chi connectivity index (χ0) is 50.6. The van der Waals surface area contributed by atoms with Crippen LogP contribution in [0.5, 0.6) is 5.75 Å². The van der Waals surface area contributed by atoms with Crippen molar-refractivity contribution < 1.29 is 52.6 Å². The molecule has 0 saturated carbocycles. The molecule has 3 heterocycles. The maximum atomic E-state index is 14.6. The topological polar surface area (TPSA) is 284 Å². The van der Waals surface area contributed by atoms with Crippen molar-refractivity contribution in [2.24, 2.45) is 0 Å². The Hall–Kier alpha value is -7.75. The van der Waals surface area contributed by atoms with Crippen molar-refractivity contribution in [3.05, 3.63) is 94.3 Å². The Morgan fingerprint density at radius 3 is 2.22 bits per heavy atom. The minimum atomic E-state index is -1.34. The lowest BCUT2D eigenvalue weighted by molar-refractivity contribution is -0.147. The van der Waals surface area contributed by atoms with Crippen molar-refractivity contribution >= 4 is 80.6 Å². The van der Waals surface area contributed by atoms with E-state index in [0.717, 1.165) is 27.1 Å². The van der Waals surface area contributed by atoms with E-state index in [1.165, 1.54) is 26.5 Å². The second-order valence-electron chi connectivity index (χ2n) is 16.9. The molecule has 0 fully saturated rings. The molecular formula is C47H58N10O11S. The molecule has 21 nitrogen and oxygen atoms in total. The first-order valence-electron chi connectivity index (χ1n) is 21.9. The molecule has 2 aromatic carbocycles. The third-order valence-electron chi connectivity index (χ3n) is 10.3. The number of rotatable bonds is 21. The first-order chi connectivity index (χ1) is 32.7. The normalized spacial score (nSPS) is 12.9. The number of esters is 1. The fourth-order valence-electron chi connectivity index (χ4n) is 7.01. The number of likely N-dealkylation sites (N-methyl/N-ethyl adjacent to an activating group) is 1. The lowest BCUT2D eigenvalue weighted by Gasteiger charge is -2.23. The van der Waals surface area contributed by atoms with Crippen molar-refractivity contribution in [3.8, 4) is 5.75 Å². The molecular weight excluding hydrogens is 913 g/mol. The summed E-state index contributed by atoms with van der Waals surface area (Å²) in [5.41, 5.74) is 1.65. The van der Waals surface area contributed by atoms with E-state index in [1.54, 1.807) is 59.1 Å². The van der Waals surface area contributed by atoms with E-state index in [1.807, 2.05) is 30.3 Å². The Morgan fingerprint density at radius 2 is 1.51 bits per heavy atom. The predicted molar refractivity (Wildman–Crippen MR) is 256 cm³/mol. The van der Waals surface area contributed by atoms with E-state index in [4.69, 9.17) is 14.2 Å². The van der Waals surface area contributed by atoms with Crippen LogP contribution >= 0.6 is 11.3 Å². The van der Waals surface area contributed by atoms with Crippen molar-refractivity contribution in [2.45, 2.75) is 84.2 Å². The van der Waals surface area contributed by atoms with Gasteiger partial charge in [0, 0.05) is 59.5 Å². The van der Waals surface area contributed by atoms with Crippen LogP contribution in [0.1, 0.15) is 74.2 Å². The SMILES string of the molecule is C=C(NC(=O)[C@@H](C)NC(=O)CNC(=O)[C@H](Cc1c[nH]c2cccc(OC)c12)NC(=O)[C@H](Cc1c[nH]c2ccccc12)NC(=O)c1csc([C@@H](C)NC(=O)OC(C)(C)C)n1)C(=O)N(C)CC(=O)OCC. The van der Waals surface area contributed by atoms with Gasteiger partial charge in [0.15, 0.2) is 0 Å². The number of hydrogen-bond donors (Lipinski definition) is 8. The number of amides is 7. The summed E-state index contributed by atoms with van der Waals surface area (Å²) in [6, 6.07) is 8.31. The van der Waals surface area contributed by atoms with Crippen molar-refractivity contribution in [1.29, 1.82) is 0 Å². The molecule has 22 heteroatoms. The first kappa shape index (κ1) is 52.2. The van der Waals surface area contributed by atoms with E-state index < -0.39 is 83.8 Å². The number of thiazole rings is 1. The molecule has 0 spiro atoms. The van der Waals surface area contributed by atoms with Crippen LogP contribution < -0.4 is 36.6 Å². The van der Waals surface area contributed by atoms with Gasteiger partial charge in [0.1, 0.15) is 46.7 Å². The molecule has 7 amide bonds. The number of carbonyl (C=O) groups is 8. The largest absolute Gasteiger partial charge is 0.496 e. The number of benzene rings is 2. The highest BCUT2D eigenvalue weighted by Crippen LogP contribution is 2.29. The van der Waals surface area contributed by atoms with Gasteiger partial charge in [0.2, 0.25) is 23.6 Å². The second kappa shape index (κ2) is 23.3. The number of H-pyrrole nitrogens is 2. The lowest BCUT2D eigenvalue weighted by atomic mass is 10.0. The first-order valence-corrected chi connectivity index (χ1v) is 22.8. The van der Waals surface area contributed by atoms with E-state index in [9.17, 15) is 38.4 Å². The van der Waals surface area contributed by atoms with Crippen LogP contribution in [0.25, 0.3) is 21.8 Å². The van der Waals surface area contributed by atoms with Crippen LogP contribution in [0.3, 0.4) is 0 Å². The van der Waals surface area contributed by atoms with Gasteiger partial charge in [-0.15, -0.1) is 11.3 Å². The van der Waals surface area contributed by atoms with Crippen molar-refractivity contribution in [2.75, 3.05) is 33.9 Å². The number of aromatic nitrogens is 3. The van der Waals surface area contributed by atoms with E-state index >= 15 is 0 Å². The third kappa shape index (κ3) is 14.4. The van der Waals surface area contributed by atoms with Gasteiger partial charge in [-0.1, -0.05) is 30.8 Å². The molecule has 8 N–H and O–H groups in total. The van der Waals surface area contributed by atoms with Crippen molar-refractivity contribution in [1.82, 2.24) is 51.8 Å². The Labute approximate surface area is 401 Å². The Morgan fingerprint density at radius 1 is 0.841 bits per heavy atom. The molecule has 0 radical (unpaired) electrons. The van der Waals surface area contributed by atoms with Gasteiger partial charge in [-0.3, -0.25) is 33.6 Å². The summed E-state index contributed by atoms with van der Waals surface area (Å²) in [5.74, 6) is -4.73. The number of para-hydroxylation sites is 1. The maximum Gasteiger partial charge on any atom is 0.408 e. The minimum Gasteiger partial charge on any atom is -0.496 e. The summed E-state index contributed by atoms with van der Waals surface area (Å²) < 4.78 is 15.8.